The van der Waals surface area contributed by atoms with E-state index in [0.717, 1.165) is 54.4 Å². The van der Waals surface area contributed by atoms with Crippen molar-refractivity contribution in [2.75, 3.05) is 32.8 Å². The normalized spacial score (nSPS) is 13.1. The monoisotopic (exact) mass is 378 g/mol. The van der Waals surface area contributed by atoms with Crippen molar-refractivity contribution in [3.8, 4) is 22.8 Å². The topological polar surface area (TPSA) is 76.4 Å². The maximum absolute atomic E-state index is 5.86. The molecule has 0 saturated carbocycles. The second-order valence-corrected chi connectivity index (χ2v) is 6.93. The molecule has 146 valence electrons. The van der Waals surface area contributed by atoms with Gasteiger partial charge in [-0.1, -0.05) is 30.3 Å². The Labute approximate surface area is 165 Å². The molecule has 2 heterocycles. The number of rotatable bonds is 8. The number of nitrogens with zero attached hydrogens (tertiary/aromatic N) is 2. The minimum atomic E-state index is 0.579. The molecule has 2 aromatic carbocycles. The van der Waals surface area contributed by atoms with Crippen molar-refractivity contribution in [1.82, 2.24) is 15.1 Å². The van der Waals surface area contributed by atoms with Crippen LogP contribution in [0.4, 0.5) is 0 Å². The van der Waals surface area contributed by atoms with Crippen molar-refractivity contribution in [3.05, 3.63) is 65.9 Å². The number of nitrogens with one attached hydrogen (secondary N) is 1. The van der Waals surface area contributed by atoms with E-state index in [-0.39, 0.29) is 0 Å². The summed E-state index contributed by atoms with van der Waals surface area (Å²) in [4.78, 5) is 2.37. The molecule has 3 N–H and O–H groups in total. The number of H-pyrrole nitrogens is 1. The molecule has 0 spiro atoms. The highest BCUT2D eigenvalue weighted by Crippen LogP contribution is 2.35. The van der Waals surface area contributed by atoms with Gasteiger partial charge in [-0.05, 0) is 30.2 Å². The SMILES string of the molecule is NCCN(CCc1ccccc1)Cc1cn[nH]c1-c1ccc2c(c1)OCCO2. The third-order valence-corrected chi connectivity index (χ3v) is 4.95. The molecule has 4 rings (SSSR count). The van der Waals surface area contributed by atoms with E-state index in [1.807, 2.05) is 30.5 Å². The van der Waals surface area contributed by atoms with Gasteiger partial charge in [0.25, 0.3) is 0 Å². The Bertz CT molecular complexity index is 895. The Hall–Kier alpha value is -2.83. The maximum atomic E-state index is 5.86. The summed E-state index contributed by atoms with van der Waals surface area (Å²) in [6, 6.07) is 16.6. The van der Waals surface area contributed by atoms with E-state index in [1.54, 1.807) is 0 Å². The Balaban J connectivity index is 1.49. The van der Waals surface area contributed by atoms with E-state index in [4.69, 9.17) is 15.2 Å². The number of ether oxygens (including phenoxy) is 2. The van der Waals surface area contributed by atoms with Gasteiger partial charge < -0.3 is 15.2 Å². The van der Waals surface area contributed by atoms with Gasteiger partial charge in [-0.15, -0.1) is 0 Å². The van der Waals surface area contributed by atoms with Crippen molar-refractivity contribution in [1.29, 1.82) is 0 Å². The largest absolute Gasteiger partial charge is 0.486 e. The van der Waals surface area contributed by atoms with Crippen LogP contribution in [0.15, 0.2) is 54.7 Å². The van der Waals surface area contributed by atoms with Crippen molar-refractivity contribution >= 4 is 0 Å². The number of aromatic nitrogens is 2. The van der Waals surface area contributed by atoms with E-state index < -0.39 is 0 Å². The second-order valence-electron chi connectivity index (χ2n) is 6.93. The van der Waals surface area contributed by atoms with Gasteiger partial charge in [0.2, 0.25) is 0 Å². The zero-order valence-corrected chi connectivity index (χ0v) is 15.9. The first kappa shape index (κ1) is 18.5. The van der Waals surface area contributed by atoms with E-state index in [1.165, 1.54) is 5.56 Å². The van der Waals surface area contributed by atoms with Crippen molar-refractivity contribution in [2.24, 2.45) is 5.73 Å². The van der Waals surface area contributed by atoms with Crippen molar-refractivity contribution in [3.63, 3.8) is 0 Å². The summed E-state index contributed by atoms with van der Waals surface area (Å²) in [5, 5.41) is 7.43. The Morgan fingerprint density at radius 2 is 1.82 bits per heavy atom. The number of hydrogen-bond acceptors (Lipinski definition) is 5. The third kappa shape index (κ3) is 4.35. The predicted octanol–water partition coefficient (Wildman–Crippen LogP) is 2.85. The smallest absolute Gasteiger partial charge is 0.162 e. The molecule has 0 amide bonds. The van der Waals surface area contributed by atoms with Gasteiger partial charge in [0.05, 0.1) is 11.9 Å². The van der Waals surface area contributed by atoms with Crippen LogP contribution in [0.3, 0.4) is 0 Å². The van der Waals surface area contributed by atoms with E-state index in [2.05, 4.69) is 39.4 Å². The van der Waals surface area contributed by atoms with Crippen LogP contribution in [-0.4, -0.2) is 47.9 Å². The summed E-state index contributed by atoms with van der Waals surface area (Å²) in [6.45, 7) is 4.40. The predicted molar refractivity (Wildman–Crippen MR) is 109 cm³/mol. The van der Waals surface area contributed by atoms with Crippen LogP contribution >= 0.6 is 0 Å². The molecular weight excluding hydrogens is 352 g/mol. The molecule has 0 bridgehead atoms. The zero-order chi connectivity index (χ0) is 19.2. The minimum absolute atomic E-state index is 0.579. The van der Waals surface area contributed by atoms with Crippen LogP contribution in [-0.2, 0) is 13.0 Å². The lowest BCUT2D eigenvalue weighted by Crippen LogP contribution is -2.31. The molecule has 0 radical (unpaired) electrons. The van der Waals surface area contributed by atoms with Crippen LogP contribution in [0.5, 0.6) is 11.5 Å². The van der Waals surface area contributed by atoms with Gasteiger partial charge in [-0.25, -0.2) is 0 Å². The highest BCUT2D eigenvalue weighted by Gasteiger charge is 2.16. The average molecular weight is 378 g/mol. The van der Waals surface area contributed by atoms with Crippen LogP contribution in [0, 0.1) is 0 Å². The van der Waals surface area contributed by atoms with Crippen LogP contribution in [0.1, 0.15) is 11.1 Å². The van der Waals surface area contributed by atoms with Gasteiger partial charge in [0.1, 0.15) is 13.2 Å². The standard InChI is InChI=1S/C22H26N4O2/c23-9-11-26(10-8-17-4-2-1-3-5-17)16-19-15-24-25-22(19)18-6-7-20-21(14-18)28-13-12-27-20/h1-7,14-15H,8-13,16,23H2,(H,24,25). The van der Waals surface area contributed by atoms with Crippen molar-refractivity contribution in [2.45, 2.75) is 13.0 Å². The molecular formula is C22H26N4O2. The number of hydrogen-bond donors (Lipinski definition) is 2. The molecule has 0 unspecified atom stereocenters. The van der Waals surface area contributed by atoms with Crippen LogP contribution in [0.2, 0.25) is 0 Å². The molecule has 6 nitrogen and oxygen atoms in total. The maximum Gasteiger partial charge on any atom is 0.162 e. The number of benzene rings is 2. The summed E-state index contributed by atoms with van der Waals surface area (Å²) >= 11 is 0. The first-order valence-electron chi connectivity index (χ1n) is 9.72. The fourth-order valence-electron chi connectivity index (χ4n) is 3.51. The molecule has 0 aliphatic carbocycles. The lowest BCUT2D eigenvalue weighted by Gasteiger charge is -2.22. The number of nitrogens with two attached hydrogens (primary N) is 1. The summed E-state index contributed by atoms with van der Waals surface area (Å²) in [6.07, 6.45) is 2.90. The summed E-state index contributed by atoms with van der Waals surface area (Å²) in [7, 11) is 0. The molecule has 1 aliphatic rings. The molecule has 28 heavy (non-hydrogen) atoms. The zero-order valence-electron chi connectivity index (χ0n) is 15.9. The highest BCUT2D eigenvalue weighted by atomic mass is 16.6. The first-order valence-corrected chi connectivity index (χ1v) is 9.72. The summed E-state index contributed by atoms with van der Waals surface area (Å²) in [5.74, 6) is 1.58. The molecule has 1 aromatic heterocycles. The quantitative estimate of drug-likeness (QED) is 0.630. The Morgan fingerprint density at radius 3 is 2.64 bits per heavy atom. The van der Waals surface area contributed by atoms with E-state index in [0.29, 0.717) is 19.8 Å². The molecule has 3 aromatic rings. The van der Waals surface area contributed by atoms with Gasteiger partial charge in [-0.3, -0.25) is 10.00 Å². The fraction of sp³-hybridized carbons (Fsp3) is 0.318. The van der Waals surface area contributed by atoms with Gasteiger partial charge in [-0.2, -0.15) is 5.10 Å². The Morgan fingerprint density at radius 1 is 1.00 bits per heavy atom. The second kappa shape index (κ2) is 8.91. The number of aromatic amines is 1. The third-order valence-electron chi connectivity index (χ3n) is 4.95. The Kier molecular flexibility index (Phi) is 5.89. The van der Waals surface area contributed by atoms with Crippen LogP contribution < -0.4 is 15.2 Å². The first-order chi connectivity index (χ1) is 13.8. The molecule has 1 aliphatic heterocycles. The highest BCUT2D eigenvalue weighted by molar-refractivity contribution is 5.66. The molecule has 0 saturated heterocycles. The van der Waals surface area contributed by atoms with E-state index >= 15 is 0 Å². The average Bonchev–Trinajstić information content (AvgIpc) is 3.21. The summed E-state index contributed by atoms with van der Waals surface area (Å²) < 4.78 is 11.3. The lowest BCUT2D eigenvalue weighted by atomic mass is 10.1. The summed E-state index contributed by atoms with van der Waals surface area (Å²) in [5.41, 5.74) is 10.4. The minimum Gasteiger partial charge on any atom is -0.486 e. The fourth-order valence-corrected chi connectivity index (χ4v) is 3.51. The van der Waals surface area contributed by atoms with Gasteiger partial charge in [0, 0.05) is 37.3 Å². The molecule has 6 heteroatoms. The molecule has 0 atom stereocenters. The van der Waals surface area contributed by atoms with Gasteiger partial charge in [0.15, 0.2) is 11.5 Å². The lowest BCUT2D eigenvalue weighted by molar-refractivity contribution is 0.171. The van der Waals surface area contributed by atoms with E-state index in [9.17, 15) is 0 Å². The molecule has 0 fully saturated rings. The van der Waals surface area contributed by atoms with Crippen LogP contribution in [0.25, 0.3) is 11.3 Å². The number of fused-ring (bicyclic) bond motifs is 1. The van der Waals surface area contributed by atoms with Gasteiger partial charge >= 0.3 is 0 Å². The van der Waals surface area contributed by atoms with Crippen molar-refractivity contribution < 1.29 is 9.47 Å².